The first kappa shape index (κ1) is 22.2. The minimum atomic E-state index is -0.0491. The maximum absolute atomic E-state index is 5.86. The highest BCUT2D eigenvalue weighted by Crippen LogP contribution is 2.26. The SMILES string of the molecule is CN=C(NCc1ncc(C(C)(C)C)o1)NCC(c1ccc(OC)cc1)N1CCCC1. The molecule has 164 valence electrons. The van der Waals surface area contributed by atoms with E-state index in [1.165, 1.54) is 18.4 Å². The number of rotatable bonds is 7. The fourth-order valence-electron chi connectivity index (χ4n) is 3.65. The van der Waals surface area contributed by atoms with Gasteiger partial charge in [-0.15, -0.1) is 0 Å². The third kappa shape index (κ3) is 5.75. The number of methoxy groups -OCH3 is 1. The van der Waals surface area contributed by atoms with Gasteiger partial charge in [0.25, 0.3) is 0 Å². The van der Waals surface area contributed by atoms with E-state index in [-0.39, 0.29) is 11.5 Å². The maximum Gasteiger partial charge on any atom is 0.213 e. The van der Waals surface area contributed by atoms with Crippen molar-refractivity contribution in [3.8, 4) is 5.75 Å². The number of ether oxygens (including phenoxy) is 1. The minimum absolute atomic E-state index is 0.0491. The van der Waals surface area contributed by atoms with E-state index in [4.69, 9.17) is 9.15 Å². The predicted molar refractivity (Wildman–Crippen MR) is 120 cm³/mol. The number of oxazole rings is 1. The van der Waals surface area contributed by atoms with Gasteiger partial charge in [0, 0.05) is 19.0 Å². The van der Waals surface area contributed by atoms with Crippen LogP contribution in [0.25, 0.3) is 0 Å². The topological polar surface area (TPSA) is 74.9 Å². The molecule has 2 aromatic rings. The lowest BCUT2D eigenvalue weighted by Crippen LogP contribution is -2.42. The Morgan fingerprint density at radius 3 is 2.47 bits per heavy atom. The summed E-state index contributed by atoms with van der Waals surface area (Å²) in [6, 6.07) is 8.65. The highest BCUT2D eigenvalue weighted by atomic mass is 16.5. The van der Waals surface area contributed by atoms with Crippen molar-refractivity contribution in [3.63, 3.8) is 0 Å². The molecule has 7 heteroatoms. The fourth-order valence-corrected chi connectivity index (χ4v) is 3.65. The molecule has 0 saturated carbocycles. The first-order valence-electron chi connectivity index (χ1n) is 10.7. The van der Waals surface area contributed by atoms with Crippen molar-refractivity contribution in [1.82, 2.24) is 20.5 Å². The predicted octanol–water partition coefficient (Wildman–Crippen LogP) is 3.48. The summed E-state index contributed by atoms with van der Waals surface area (Å²) in [5.41, 5.74) is 1.23. The molecule has 30 heavy (non-hydrogen) atoms. The van der Waals surface area contributed by atoms with Crippen LogP contribution in [0.15, 0.2) is 39.9 Å². The monoisotopic (exact) mass is 413 g/mol. The Kier molecular flexibility index (Phi) is 7.37. The van der Waals surface area contributed by atoms with E-state index < -0.39 is 0 Å². The number of aromatic nitrogens is 1. The molecule has 0 aliphatic carbocycles. The van der Waals surface area contributed by atoms with Crippen molar-refractivity contribution in [3.05, 3.63) is 47.7 Å². The van der Waals surface area contributed by atoms with E-state index >= 15 is 0 Å². The van der Waals surface area contributed by atoms with Gasteiger partial charge in [-0.2, -0.15) is 0 Å². The lowest BCUT2D eigenvalue weighted by Gasteiger charge is -2.29. The minimum Gasteiger partial charge on any atom is -0.497 e. The van der Waals surface area contributed by atoms with Crippen LogP contribution in [-0.2, 0) is 12.0 Å². The van der Waals surface area contributed by atoms with Crippen molar-refractivity contribution in [2.75, 3.05) is 33.8 Å². The lowest BCUT2D eigenvalue weighted by molar-refractivity contribution is 0.245. The molecule has 7 nitrogen and oxygen atoms in total. The summed E-state index contributed by atoms with van der Waals surface area (Å²) in [4.78, 5) is 11.3. The number of nitrogens with one attached hydrogen (secondary N) is 2. The zero-order chi connectivity index (χ0) is 21.6. The van der Waals surface area contributed by atoms with Gasteiger partial charge in [-0.3, -0.25) is 9.89 Å². The molecule has 1 fully saturated rings. The Hall–Kier alpha value is -2.54. The maximum atomic E-state index is 5.86. The summed E-state index contributed by atoms with van der Waals surface area (Å²) in [6.45, 7) is 9.85. The molecular formula is C23H35N5O2. The normalized spacial score (nSPS) is 16.5. The van der Waals surface area contributed by atoms with Crippen LogP contribution in [0.1, 0.15) is 56.9 Å². The number of nitrogens with zero attached hydrogens (tertiary/aromatic N) is 3. The standard InChI is InChI=1S/C23H35N5O2/c1-23(2,3)20-15-25-21(30-20)16-27-22(24-4)26-14-19(28-12-6-7-13-28)17-8-10-18(29-5)11-9-17/h8-11,15,19H,6-7,12-14,16H2,1-5H3,(H2,24,26,27). The van der Waals surface area contributed by atoms with Crippen molar-refractivity contribution < 1.29 is 9.15 Å². The van der Waals surface area contributed by atoms with Crippen molar-refractivity contribution in [2.45, 2.75) is 51.6 Å². The van der Waals surface area contributed by atoms with Gasteiger partial charge < -0.3 is 19.8 Å². The highest BCUT2D eigenvalue weighted by molar-refractivity contribution is 5.79. The van der Waals surface area contributed by atoms with Crippen molar-refractivity contribution in [2.24, 2.45) is 4.99 Å². The molecule has 0 bridgehead atoms. The summed E-state index contributed by atoms with van der Waals surface area (Å²) in [5.74, 6) is 3.16. The van der Waals surface area contributed by atoms with E-state index in [1.54, 1.807) is 20.4 Å². The second-order valence-electron chi connectivity index (χ2n) is 8.71. The lowest BCUT2D eigenvalue weighted by atomic mass is 9.94. The quantitative estimate of drug-likeness (QED) is 0.535. The average molecular weight is 414 g/mol. The number of aliphatic imine (C=N–C) groups is 1. The second kappa shape index (κ2) is 9.98. The molecule has 1 atom stereocenters. The number of likely N-dealkylation sites (tertiary alicyclic amines) is 1. The summed E-state index contributed by atoms with van der Waals surface area (Å²) in [7, 11) is 3.48. The van der Waals surface area contributed by atoms with Gasteiger partial charge in [-0.05, 0) is 43.6 Å². The number of guanidine groups is 1. The largest absolute Gasteiger partial charge is 0.497 e. The molecule has 1 unspecified atom stereocenters. The Labute approximate surface area is 179 Å². The molecule has 1 aromatic heterocycles. The Morgan fingerprint density at radius 1 is 1.20 bits per heavy atom. The van der Waals surface area contributed by atoms with Gasteiger partial charge >= 0.3 is 0 Å². The zero-order valence-corrected chi connectivity index (χ0v) is 18.9. The third-order valence-corrected chi connectivity index (χ3v) is 5.47. The van der Waals surface area contributed by atoms with E-state index in [0.29, 0.717) is 12.4 Å². The summed E-state index contributed by atoms with van der Waals surface area (Å²) < 4.78 is 11.2. The van der Waals surface area contributed by atoms with Crippen LogP contribution in [0, 0.1) is 0 Å². The van der Waals surface area contributed by atoms with Gasteiger partial charge in [-0.1, -0.05) is 32.9 Å². The summed E-state index contributed by atoms with van der Waals surface area (Å²) >= 11 is 0. The zero-order valence-electron chi connectivity index (χ0n) is 18.9. The van der Waals surface area contributed by atoms with Gasteiger partial charge in [0.1, 0.15) is 11.5 Å². The van der Waals surface area contributed by atoms with Crippen molar-refractivity contribution in [1.29, 1.82) is 0 Å². The molecule has 2 N–H and O–H groups in total. The van der Waals surface area contributed by atoms with Crippen LogP contribution in [0.4, 0.5) is 0 Å². The molecule has 0 amide bonds. The molecule has 2 heterocycles. The molecular weight excluding hydrogens is 378 g/mol. The Balaban J connectivity index is 1.60. The molecule has 3 rings (SSSR count). The molecule has 1 saturated heterocycles. The average Bonchev–Trinajstić information content (AvgIpc) is 3.43. The Bertz CT molecular complexity index is 817. The van der Waals surface area contributed by atoms with Crippen LogP contribution in [0.3, 0.4) is 0 Å². The number of benzene rings is 1. The molecule has 1 aliphatic heterocycles. The number of hydrogen-bond donors (Lipinski definition) is 2. The van der Waals surface area contributed by atoms with Crippen LogP contribution in [-0.4, -0.2) is 49.6 Å². The van der Waals surface area contributed by atoms with Gasteiger partial charge in [0.2, 0.25) is 5.89 Å². The van der Waals surface area contributed by atoms with Gasteiger partial charge in [-0.25, -0.2) is 4.98 Å². The second-order valence-corrected chi connectivity index (χ2v) is 8.71. The van der Waals surface area contributed by atoms with Crippen LogP contribution < -0.4 is 15.4 Å². The van der Waals surface area contributed by atoms with E-state index in [2.05, 4.69) is 58.4 Å². The third-order valence-electron chi connectivity index (χ3n) is 5.47. The smallest absolute Gasteiger partial charge is 0.213 e. The number of hydrogen-bond acceptors (Lipinski definition) is 5. The molecule has 1 aromatic carbocycles. The fraction of sp³-hybridized carbons (Fsp3) is 0.565. The first-order chi connectivity index (χ1) is 14.4. The molecule has 0 spiro atoms. The summed E-state index contributed by atoms with van der Waals surface area (Å²) in [5, 5.41) is 6.79. The van der Waals surface area contributed by atoms with Gasteiger partial charge in [0.05, 0.1) is 25.9 Å². The van der Waals surface area contributed by atoms with Crippen LogP contribution >= 0.6 is 0 Å². The van der Waals surface area contributed by atoms with Crippen molar-refractivity contribution >= 4 is 5.96 Å². The van der Waals surface area contributed by atoms with E-state index in [1.807, 2.05) is 12.1 Å². The Morgan fingerprint density at radius 2 is 1.90 bits per heavy atom. The van der Waals surface area contributed by atoms with E-state index in [9.17, 15) is 0 Å². The first-order valence-corrected chi connectivity index (χ1v) is 10.7. The van der Waals surface area contributed by atoms with Crippen LogP contribution in [0.5, 0.6) is 5.75 Å². The molecule has 0 radical (unpaired) electrons. The molecule has 1 aliphatic rings. The highest BCUT2D eigenvalue weighted by Gasteiger charge is 2.24. The summed E-state index contributed by atoms with van der Waals surface area (Å²) in [6.07, 6.45) is 4.31. The van der Waals surface area contributed by atoms with Gasteiger partial charge in [0.15, 0.2) is 5.96 Å². The van der Waals surface area contributed by atoms with Crippen LogP contribution in [0.2, 0.25) is 0 Å². The van der Waals surface area contributed by atoms with E-state index in [0.717, 1.165) is 37.1 Å².